The third kappa shape index (κ3) is 2.46. The molecule has 0 radical (unpaired) electrons. The highest BCUT2D eigenvalue weighted by molar-refractivity contribution is 9.10. The fourth-order valence-electron chi connectivity index (χ4n) is 1.60. The monoisotopic (exact) mass is 312 g/mol. The topological polar surface area (TPSA) is 38.0 Å². The fraction of sp³-hybridized carbons (Fsp3) is 0.0769. The lowest BCUT2D eigenvalue weighted by Crippen LogP contribution is -2.01. The fourth-order valence-corrected chi connectivity index (χ4v) is 1.96. The molecule has 0 aliphatic heterocycles. The smallest absolute Gasteiger partial charge is 0.146 e. The van der Waals surface area contributed by atoms with Gasteiger partial charge in [0.1, 0.15) is 11.6 Å². The van der Waals surface area contributed by atoms with E-state index in [-0.39, 0.29) is 4.47 Å². The highest BCUT2D eigenvalue weighted by Gasteiger charge is 2.10. The Balaban J connectivity index is 2.43. The summed E-state index contributed by atoms with van der Waals surface area (Å²) in [6.45, 7) is 1.76. The van der Waals surface area contributed by atoms with Crippen molar-refractivity contribution < 1.29 is 8.78 Å². The number of anilines is 3. The summed E-state index contributed by atoms with van der Waals surface area (Å²) in [6.07, 6.45) is 0. The Labute approximate surface area is 112 Å². The van der Waals surface area contributed by atoms with Gasteiger partial charge in [0.05, 0.1) is 21.5 Å². The Morgan fingerprint density at radius 1 is 1.17 bits per heavy atom. The Morgan fingerprint density at radius 3 is 2.56 bits per heavy atom. The molecular formula is C13H11BrF2N2. The first-order chi connectivity index (χ1) is 8.49. The van der Waals surface area contributed by atoms with E-state index in [2.05, 4.69) is 21.2 Å². The zero-order valence-corrected chi connectivity index (χ0v) is 11.2. The summed E-state index contributed by atoms with van der Waals surface area (Å²) in [4.78, 5) is 0. The molecular weight excluding hydrogens is 302 g/mol. The van der Waals surface area contributed by atoms with Crippen molar-refractivity contribution in [1.29, 1.82) is 0 Å². The Hall–Kier alpha value is -1.62. The van der Waals surface area contributed by atoms with Crippen molar-refractivity contribution in [3.63, 3.8) is 0 Å². The summed E-state index contributed by atoms with van der Waals surface area (Å²) in [5.74, 6) is -0.863. The largest absolute Gasteiger partial charge is 0.397 e. The van der Waals surface area contributed by atoms with E-state index in [1.165, 1.54) is 18.2 Å². The van der Waals surface area contributed by atoms with Crippen molar-refractivity contribution in [2.75, 3.05) is 11.1 Å². The van der Waals surface area contributed by atoms with Crippen LogP contribution < -0.4 is 11.1 Å². The molecule has 3 N–H and O–H groups in total. The molecule has 0 fully saturated rings. The predicted molar refractivity (Wildman–Crippen MR) is 72.9 cm³/mol. The van der Waals surface area contributed by atoms with E-state index < -0.39 is 11.6 Å². The van der Waals surface area contributed by atoms with E-state index >= 15 is 0 Å². The molecule has 0 heterocycles. The molecule has 2 rings (SSSR count). The molecule has 2 nitrogen and oxygen atoms in total. The van der Waals surface area contributed by atoms with E-state index in [9.17, 15) is 8.78 Å². The number of nitrogen functional groups attached to an aromatic ring is 1. The first-order valence-corrected chi connectivity index (χ1v) is 6.05. The van der Waals surface area contributed by atoms with Gasteiger partial charge in [-0.15, -0.1) is 0 Å². The van der Waals surface area contributed by atoms with Crippen LogP contribution in [0.1, 0.15) is 5.56 Å². The number of rotatable bonds is 2. The van der Waals surface area contributed by atoms with Crippen LogP contribution >= 0.6 is 15.9 Å². The van der Waals surface area contributed by atoms with Gasteiger partial charge in [0.15, 0.2) is 0 Å². The third-order valence-corrected chi connectivity index (χ3v) is 3.18. The van der Waals surface area contributed by atoms with Gasteiger partial charge in [0.25, 0.3) is 0 Å². The van der Waals surface area contributed by atoms with Crippen LogP contribution in [0.4, 0.5) is 25.8 Å². The molecule has 0 spiro atoms. The lowest BCUT2D eigenvalue weighted by molar-refractivity contribution is 0.621. The molecule has 5 heteroatoms. The highest BCUT2D eigenvalue weighted by Crippen LogP contribution is 2.31. The van der Waals surface area contributed by atoms with Gasteiger partial charge >= 0.3 is 0 Å². The second-order valence-corrected chi connectivity index (χ2v) is 4.76. The van der Waals surface area contributed by atoms with Crippen molar-refractivity contribution in [2.45, 2.75) is 6.92 Å². The standard InChI is InChI=1S/C13H11BrF2N2/c1-7-3-2-4-9(15)13(7)18-12-6-10(16)8(14)5-11(12)17/h2-6,18H,17H2,1H3. The highest BCUT2D eigenvalue weighted by atomic mass is 79.9. The molecule has 2 aromatic carbocycles. The van der Waals surface area contributed by atoms with Gasteiger partial charge in [-0.05, 0) is 40.5 Å². The van der Waals surface area contributed by atoms with E-state index in [1.54, 1.807) is 19.1 Å². The Kier molecular flexibility index (Phi) is 3.52. The van der Waals surface area contributed by atoms with Crippen LogP contribution in [0.25, 0.3) is 0 Å². The number of hydrogen-bond donors (Lipinski definition) is 2. The van der Waals surface area contributed by atoms with Gasteiger partial charge in [0, 0.05) is 6.07 Å². The Morgan fingerprint density at radius 2 is 1.89 bits per heavy atom. The van der Waals surface area contributed by atoms with Crippen molar-refractivity contribution in [3.8, 4) is 0 Å². The summed E-state index contributed by atoms with van der Waals surface area (Å²) in [7, 11) is 0. The number of nitrogens with two attached hydrogens (primary N) is 1. The minimum atomic E-state index is -0.458. The van der Waals surface area contributed by atoms with Crippen molar-refractivity contribution >= 4 is 33.0 Å². The number of aryl methyl sites for hydroxylation is 1. The maximum Gasteiger partial charge on any atom is 0.146 e. The first-order valence-electron chi connectivity index (χ1n) is 5.25. The normalized spacial score (nSPS) is 10.4. The number of para-hydroxylation sites is 1. The average Bonchev–Trinajstić information content (AvgIpc) is 2.30. The van der Waals surface area contributed by atoms with E-state index in [0.717, 1.165) is 5.56 Å². The lowest BCUT2D eigenvalue weighted by atomic mass is 10.1. The van der Waals surface area contributed by atoms with Crippen molar-refractivity contribution in [1.82, 2.24) is 0 Å². The molecule has 0 aliphatic rings. The van der Waals surface area contributed by atoms with E-state index in [4.69, 9.17) is 5.73 Å². The molecule has 0 amide bonds. The lowest BCUT2D eigenvalue weighted by Gasteiger charge is -2.13. The summed E-state index contributed by atoms with van der Waals surface area (Å²) in [6, 6.07) is 7.37. The minimum Gasteiger partial charge on any atom is -0.397 e. The van der Waals surface area contributed by atoms with E-state index in [1.807, 2.05) is 0 Å². The number of hydrogen-bond acceptors (Lipinski definition) is 2. The summed E-state index contributed by atoms with van der Waals surface area (Å²) in [5.41, 5.74) is 7.45. The van der Waals surface area contributed by atoms with Crippen LogP contribution in [0.5, 0.6) is 0 Å². The van der Waals surface area contributed by atoms with Crippen LogP contribution in [0.15, 0.2) is 34.8 Å². The number of benzene rings is 2. The Bertz CT molecular complexity index is 580. The second-order valence-electron chi connectivity index (χ2n) is 3.91. The average molecular weight is 313 g/mol. The number of nitrogens with one attached hydrogen (secondary N) is 1. The first kappa shape index (κ1) is 12.8. The van der Waals surface area contributed by atoms with Crippen molar-refractivity contribution in [3.05, 3.63) is 52.0 Å². The predicted octanol–water partition coefficient (Wildman–Crippen LogP) is 4.36. The maximum atomic E-state index is 13.6. The molecule has 94 valence electrons. The van der Waals surface area contributed by atoms with Gasteiger partial charge in [0.2, 0.25) is 0 Å². The summed E-state index contributed by atoms with van der Waals surface area (Å²) < 4.78 is 27.3. The van der Waals surface area contributed by atoms with Gasteiger partial charge < -0.3 is 11.1 Å². The molecule has 0 saturated heterocycles. The molecule has 18 heavy (non-hydrogen) atoms. The molecule has 2 aromatic rings. The summed E-state index contributed by atoms with van der Waals surface area (Å²) in [5, 5.41) is 2.82. The molecule has 0 aliphatic carbocycles. The van der Waals surface area contributed by atoms with Crippen LogP contribution in [0.2, 0.25) is 0 Å². The number of halogens is 3. The SMILES string of the molecule is Cc1cccc(F)c1Nc1cc(F)c(Br)cc1N. The maximum absolute atomic E-state index is 13.6. The zero-order valence-electron chi connectivity index (χ0n) is 9.60. The molecule has 0 aromatic heterocycles. The van der Waals surface area contributed by atoms with Gasteiger partial charge in [-0.3, -0.25) is 0 Å². The molecule has 0 bridgehead atoms. The van der Waals surface area contributed by atoms with Crippen molar-refractivity contribution in [2.24, 2.45) is 0 Å². The quantitative estimate of drug-likeness (QED) is 0.808. The molecule has 0 unspecified atom stereocenters. The molecule has 0 saturated carbocycles. The van der Waals surface area contributed by atoms with Gasteiger partial charge in [-0.1, -0.05) is 12.1 Å². The zero-order chi connectivity index (χ0) is 13.3. The van der Waals surface area contributed by atoms with Crippen LogP contribution in [-0.2, 0) is 0 Å². The van der Waals surface area contributed by atoms with Crippen LogP contribution in [-0.4, -0.2) is 0 Å². The third-order valence-electron chi connectivity index (χ3n) is 2.57. The second kappa shape index (κ2) is 4.94. The van der Waals surface area contributed by atoms with E-state index in [0.29, 0.717) is 17.1 Å². The van der Waals surface area contributed by atoms with Gasteiger partial charge in [-0.25, -0.2) is 8.78 Å². The summed E-state index contributed by atoms with van der Waals surface area (Å²) >= 11 is 3.04. The van der Waals surface area contributed by atoms with Crippen LogP contribution in [0.3, 0.4) is 0 Å². The minimum absolute atomic E-state index is 0.274. The van der Waals surface area contributed by atoms with Gasteiger partial charge in [-0.2, -0.15) is 0 Å². The molecule has 0 atom stereocenters. The van der Waals surface area contributed by atoms with Crippen LogP contribution in [0, 0.1) is 18.6 Å².